The Morgan fingerprint density at radius 3 is 2.74 bits per heavy atom. The van der Waals surface area contributed by atoms with Crippen LogP contribution < -0.4 is 0 Å². The van der Waals surface area contributed by atoms with Crippen LogP contribution in [0.3, 0.4) is 0 Å². The highest BCUT2D eigenvalue weighted by Gasteiger charge is 2.20. The number of halogens is 1. The molecule has 0 spiro atoms. The molecule has 0 aliphatic rings. The predicted molar refractivity (Wildman–Crippen MR) is 68.1 cm³/mol. The van der Waals surface area contributed by atoms with Crippen molar-refractivity contribution in [3.8, 4) is 5.75 Å². The molecule has 0 bridgehead atoms. The first-order valence-electron chi connectivity index (χ1n) is 5.72. The van der Waals surface area contributed by atoms with Gasteiger partial charge in [-0.15, -0.1) is 0 Å². The third-order valence-corrected chi connectivity index (χ3v) is 2.68. The van der Waals surface area contributed by atoms with Gasteiger partial charge in [0.25, 0.3) is 5.91 Å². The molecule has 0 aliphatic heterocycles. The van der Waals surface area contributed by atoms with Gasteiger partial charge >= 0.3 is 0 Å². The van der Waals surface area contributed by atoms with E-state index >= 15 is 0 Å². The first-order chi connectivity index (χ1) is 9.09. The van der Waals surface area contributed by atoms with Gasteiger partial charge in [-0.05, 0) is 24.3 Å². The Labute approximate surface area is 110 Å². The summed E-state index contributed by atoms with van der Waals surface area (Å²) in [6.45, 7) is 0.243. The number of amides is 1. The maximum Gasteiger partial charge on any atom is 0.260 e. The Bertz CT molecular complexity index is 567. The molecule has 1 amide bonds. The van der Waals surface area contributed by atoms with Crippen molar-refractivity contribution in [1.82, 2.24) is 9.88 Å². The Morgan fingerprint density at radius 1 is 1.32 bits per heavy atom. The fourth-order valence-corrected chi connectivity index (χ4v) is 1.72. The summed E-state index contributed by atoms with van der Waals surface area (Å²) in [6.07, 6.45) is 1.62. The van der Waals surface area contributed by atoms with Gasteiger partial charge in [0.15, 0.2) is 0 Å². The van der Waals surface area contributed by atoms with Crippen LogP contribution in [-0.4, -0.2) is 27.9 Å². The van der Waals surface area contributed by atoms with Gasteiger partial charge in [-0.3, -0.25) is 9.78 Å². The molecular formula is C14H13FN2O2. The lowest BCUT2D eigenvalue weighted by atomic mass is 10.1. The Hall–Kier alpha value is -2.43. The van der Waals surface area contributed by atoms with Crippen molar-refractivity contribution in [3.05, 3.63) is 59.7 Å². The van der Waals surface area contributed by atoms with Crippen LogP contribution in [0.1, 0.15) is 16.1 Å². The highest BCUT2D eigenvalue weighted by Crippen LogP contribution is 2.21. The summed E-state index contributed by atoms with van der Waals surface area (Å²) in [4.78, 5) is 17.5. The van der Waals surface area contributed by atoms with E-state index in [9.17, 15) is 14.3 Å². The summed E-state index contributed by atoms with van der Waals surface area (Å²) in [5.74, 6) is -1.68. The number of benzene rings is 1. The van der Waals surface area contributed by atoms with Gasteiger partial charge in [0, 0.05) is 13.2 Å². The Morgan fingerprint density at radius 2 is 2.11 bits per heavy atom. The van der Waals surface area contributed by atoms with Crippen molar-refractivity contribution in [1.29, 1.82) is 0 Å². The summed E-state index contributed by atoms with van der Waals surface area (Å²) < 4.78 is 13.6. The standard InChI is InChI=1S/C14H13FN2O2/c1-17(9-10-5-2-3-8-16-10)14(19)13-11(15)6-4-7-12(13)18/h2-8,18H,9H2,1H3. The molecule has 1 aromatic heterocycles. The van der Waals surface area contributed by atoms with Gasteiger partial charge in [0.05, 0.1) is 12.2 Å². The van der Waals surface area contributed by atoms with E-state index in [1.54, 1.807) is 24.4 Å². The minimum Gasteiger partial charge on any atom is -0.507 e. The normalized spacial score (nSPS) is 10.2. The zero-order valence-electron chi connectivity index (χ0n) is 10.4. The summed E-state index contributed by atoms with van der Waals surface area (Å²) >= 11 is 0. The van der Waals surface area contributed by atoms with Crippen molar-refractivity contribution in [2.45, 2.75) is 6.54 Å². The number of pyridine rings is 1. The van der Waals surface area contributed by atoms with Crippen molar-refractivity contribution in [3.63, 3.8) is 0 Å². The predicted octanol–water partition coefficient (Wildman–Crippen LogP) is 2.20. The van der Waals surface area contributed by atoms with Gasteiger partial charge in [-0.2, -0.15) is 0 Å². The van der Waals surface area contributed by atoms with Crippen LogP contribution in [0.2, 0.25) is 0 Å². The van der Waals surface area contributed by atoms with E-state index in [0.29, 0.717) is 5.69 Å². The molecule has 1 aromatic carbocycles. The first-order valence-corrected chi connectivity index (χ1v) is 5.72. The van der Waals surface area contributed by atoms with Crippen LogP contribution in [-0.2, 0) is 6.54 Å². The second-order valence-corrected chi connectivity index (χ2v) is 4.12. The van der Waals surface area contributed by atoms with Gasteiger partial charge in [-0.25, -0.2) is 4.39 Å². The molecule has 1 N–H and O–H groups in total. The molecule has 2 rings (SSSR count). The fourth-order valence-electron chi connectivity index (χ4n) is 1.72. The summed E-state index contributed by atoms with van der Waals surface area (Å²) in [6, 6.07) is 9.12. The van der Waals surface area contributed by atoms with E-state index in [1.807, 2.05) is 0 Å². The molecule has 0 atom stereocenters. The Kier molecular flexibility index (Phi) is 3.75. The average Bonchev–Trinajstić information content (AvgIpc) is 2.39. The largest absolute Gasteiger partial charge is 0.507 e. The van der Waals surface area contributed by atoms with Crippen LogP contribution in [0.15, 0.2) is 42.6 Å². The van der Waals surface area contributed by atoms with E-state index < -0.39 is 11.7 Å². The van der Waals surface area contributed by atoms with Gasteiger partial charge in [0.1, 0.15) is 17.1 Å². The number of phenols is 1. The molecule has 98 valence electrons. The molecule has 0 aliphatic carbocycles. The second-order valence-electron chi connectivity index (χ2n) is 4.12. The first kappa shape index (κ1) is 13.0. The van der Waals surface area contributed by atoms with Crippen LogP contribution in [0.5, 0.6) is 5.75 Å². The number of phenolic OH excluding ortho intramolecular Hbond substituents is 1. The molecule has 0 saturated heterocycles. The van der Waals surface area contributed by atoms with Gasteiger partial charge in [-0.1, -0.05) is 12.1 Å². The van der Waals surface area contributed by atoms with E-state index in [1.165, 1.54) is 24.1 Å². The average molecular weight is 260 g/mol. The molecule has 0 radical (unpaired) electrons. The maximum absolute atomic E-state index is 13.6. The lowest BCUT2D eigenvalue weighted by Crippen LogP contribution is -2.27. The molecule has 4 nitrogen and oxygen atoms in total. The molecule has 0 unspecified atom stereocenters. The third-order valence-electron chi connectivity index (χ3n) is 2.68. The molecule has 0 fully saturated rings. The quantitative estimate of drug-likeness (QED) is 0.920. The molecule has 1 heterocycles. The summed E-state index contributed by atoms with van der Waals surface area (Å²) in [5.41, 5.74) is 0.370. The Balaban J connectivity index is 2.20. The number of aromatic nitrogens is 1. The number of hydrogen-bond donors (Lipinski definition) is 1. The van der Waals surface area contributed by atoms with Crippen molar-refractivity contribution >= 4 is 5.91 Å². The summed E-state index contributed by atoms with van der Waals surface area (Å²) in [5, 5.41) is 9.57. The highest BCUT2D eigenvalue weighted by molar-refractivity contribution is 5.96. The second kappa shape index (κ2) is 5.48. The lowest BCUT2D eigenvalue weighted by molar-refractivity contribution is 0.0775. The third kappa shape index (κ3) is 2.88. The van der Waals surface area contributed by atoms with E-state index in [4.69, 9.17) is 0 Å². The number of aromatic hydroxyl groups is 1. The molecule has 19 heavy (non-hydrogen) atoms. The monoisotopic (exact) mass is 260 g/mol. The van der Waals surface area contributed by atoms with Crippen LogP contribution in [0.25, 0.3) is 0 Å². The number of rotatable bonds is 3. The molecule has 5 heteroatoms. The number of hydrogen-bond acceptors (Lipinski definition) is 3. The van der Waals surface area contributed by atoms with E-state index in [2.05, 4.69) is 4.98 Å². The smallest absolute Gasteiger partial charge is 0.260 e. The maximum atomic E-state index is 13.6. The fraction of sp³-hybridized carbons (Fsp3) is 0.143. The minimum atomic E-state index is -0.738. The van der Waals surface area contributed by atoms with Crippen molar-refractivity contribution in [2.75, 3.05) is 7.05 Å². The number of carbonyl (C=O) groups excluding carboxylic acids is 1. The van der Waals surface area contributed by atoms with E-state index in [0.717, 1.165) is 6.07 Å². The minimum absolute atomic E-state index is 0.243. The molecule has 0 saturated carbocycles. The molecular weight excluding hydrogens is 247 g/mol. The van der Waals surface area contributed by atoms with Gasteiger partial charge in [0.2, 0.25) is 0 Å². The number of nitrogens with zero attached hydrogens (tertiary/aromatic N) is 2. The lowest BCUT2D eigenvalue weighted by Gasteiger charge is -2.17. The zero-order chi connectivity index (χ0) is 13.8. The SMILES string of the molecule is CN(Cc1ccccn1)C(=O)c1c(O)cccc1F. The van der Waals surface area contributed by atoms with Crippen LogP contribution in [0.4, 0.5) is 4.39 Å². The highest BCUT2D eigenvalue weighted by atomic mass is 19.1. The van der Waals surface area contributed by atoms with Crippen molar-refractivity contribution < 1.29 is 14.3 Å². The van der Waals surface area contributed by atoms with Crippen LogP contribution in [0, 0.1) is 5.82 Å². The zero-order valence-corrected chi connectivity index (χ0v) is 10.4. The van der Waals surface area contributed by atoms with Gasteiger partial charge < -0.3 is 10.0 Å². The number of carbonyl (C=O) groups is 1. The van der Waals surface area contributed by atoms with E-state index in [-0.39, 0.29) is 17.9 Å². The molecule has 2 aromatic rings. The van der Waals surface area contributed by atoms with Crippen molar-refractivity contribution in [2.24, 2.45) is 0 Å². The topological polar surface area (TPSA) is 53.4 Å². The summed E-state index contributed by atoms with van der Waals surface area (Å²) in [7, 11) is 1.53. The van der Waals surface area contributed by atoms with Crippen LogP contribution >= 0.6 is 0 Å².